The van der Waals surface area contributed by atoms with Gasteiger partial charge in [0.2, 0.25) is 0 Å². The smallest absolute Gasteiger partial charge is 0.122 e. The lowest BCUT2D eigenvalue weighted by Crippen LogP contribution is -2.27. The fourth-order valence-corrected chi connectivity index (χ4v) is 3.09. The fraction of sp³-hybridized carbons (Fsp3) is 0.533. The number of nitrogens with one attached hydrogen (secondary N) is 1. The Hall–Kier alpha value is -1.21. The lowest BCUT2D eigenvalue weighted by molar-refractivity contribution is 0.414. The van der Waals surface area contributed by atoms with Crippen LogP contribution in [0.15, 0.2) is 22.7 Å². The van der Waals surface area contributed by atoms with Gasteiger partial charge < -0.3 is 10.1 Å². The first-order chi connectivity index (χ1) is 9.22. The first kappa shape index (κ1) is 14.2. The van der Waals surface area contributed by atoms with Gasteiger partial charge in [-0.2, -0.15) is 5.26 Å². The molecule has 1 fully saturated rings. The van der Waals surface area contributed by atoms with Gasteiger partial charge >= 0.3 is 0 Å². The third-order valence-electron chi connectivity index (χ3n) is 3.64. The maximum absolute atomic E-state index is 9.30. The molecule has 1 saturated carbocycles. The number of benzene rings is 1. The summed E-state index contributed by atoms with van der Waals surface area (Å²) in [4.78, 5) is 0. The highest BCUT2D eigenvalue weighted by Crippen LogP contribution is 2.29. The topological polar surface area (TPSA) is 45.0 Å². The van der Waals surface area contributed by atoms with Crippen LogP contribution >= 0.6 is 15.9 Å². The number of hydrogen-bond acceptors (Lipinski definition) is 3. The monoisotopic (exact) mass is 322 g/mol. The predicted octanol–water partition coefficient (Wildman–Crippen LogP) is 4.34. The number of halogens is 1. The molecule has 1 aliphatic rings. The molecular weight excluding hydrogens is 304 g/mol. The van der Waals surface area contributed by atoms with Gasteiger partial charge in [-0.1, -0.05) is 35.2 Å². The maximum atomic E-state index is 9.30. The second-order valence-electron chi connectivity index (χ2n) is 5.00. The summed E-state index contributed by atoms with van der Waals surface area (Å²) >= 11 is 3.48. The molecule has 0 radical (unpaired) electrons. The number of hydrogen-bond donors (Lipinski definition) is 1. The Morgan fingerprint density at radius 2 is 2.05 bits per heavy atom. The molecule has 0 heterocycles. The van der Waals surface area contributed by atoms with Crippen LogP contribution in [-0.4, -0.2) is 13.2 Å². The van der Waals surface area contributed by atoms with Crippen molar-refractivity contribution in [2.45, 2.75) is 38.1 Å². The van der Waals surface area contributed by atoms with Crippen LogP contribution in [0.5, 0.6) is 5.75 Å². The van der Waals surface area contributed by atoms with E-state index in [0.29, 0.717) is 0 Å². The zero-order valence-corrected chi connectivity index (χ0v) is 12.7. The molecule has 0 bridgehead atoms. The minimum absolute atomic E-state index is 0.104. The molecule has 0 spiro atoms. The van der Waals surface area contributed by atoms with Crippen molar-refractivity contribution in [3.8, 4) is 11.8 Å². The van der Waals surface area contributed by atoms with Crippen molar-refractivity contribution in [3.05, 3.63) is 22.7 Å². The van der Waals surface area contributed by atoms with E-state index in [1.807, 2.05) is 18.2 Å². The second-order valence-corrected chi connectivity index (χ2v) is 5.92. The molecule has 19 heavy (non-hydrogen) atoms. The minimum Gasteiger partial charge on any atom is -0.497 e. The standard InChI is InChI=1S/C15H19BrN2O/c1-19-14-8-12(16)7-13(9-14)18-15-6-4-2-3-5-11(15)10-17/h7-9,11,15,18H,2-6H2,1H3. The summed E-state index contributed by atoms with van der Waals surface area (Å²) in [6, 6.07) is 8.63. The quantitative estimate of drug-likeness (QED) is 0.842. The van der Waals surface area contributed by atoms with Crippen molar-refractivity contribution in [2.24, 2.45) is 5.92 Å². The van der Waals surface area contributed by atoms with Crippen LogP contribution in [0, 0.1) is 17.2 Å². The summed E-state index contributed by atoms with van der Waals surface area (Å²) < 4.78 is 6.25. The van der Waals surface area contributed by atoms with E-state index >= 15 is 0 Å². The number of ether oxygens (including phenoxy) is 1. The highest BCUT2D eigenvalue weighted by molar-refractivity contribution is 9.10. The number of nitrogens with zero attached hydrogens (tertiary/aromatic N) is 1. The van der Waals surface area contributed by atoms with Crippen LogP contribution in [0.1, 0.15) is 32.1 Å². The van der Waals surface area contributed by atoms with E-state index in [0.717, 1.165) is 35.2 Å². The molecule has 0 amide bonds. The first-order valence-corrected chi connectivity index (χ1v) is 7.53. The SMILES string of the molecule is COc1cc(Br)cc(NC2CCCCCC2C#N)c1. The van der Waals surface area contributed by atoms with Gasteiger partial charge in [0.05, 0.1) is 19.1 Å². The van der Waals surface area contributed by atoms with E-state index in [1.54, 1.807) is 7.11 Å². The Bertz CT molecular complexity index is 470. The lowest BCUT2D eigenvalue weighted by Gasteiger charge is -2.22. The van der Waals surface area contributed by atoms with E-state index in [2.05, 4.69) is 27.3 Å². The second kappa shape index (κ2) is 6.81. The molecular formula is C15H19BrN2O. The zero-order chi connectivity index (χ0) is 13.7. The van der Waals surface area contributed by atoms with Crippen LogP contribution in [-0.2, 0) is 0 Å². The van der Waals surface area contributed by atoms with Crippen molar-refractivity contribution in [2.75, 3.05) is 12.4 Å². The third-order valence-corrected chi connectivity index (χ3v) is 4.10. The summed E-state index contributed by atoms with van der Waals surface area (Å²) in [6.07, 6.45) is 5.66. The number of rotatable bonds is 3. The van der Waals surface area contributed by atoms with E-state index in [4.69, 9.17) is 4.74 Å². The molecule has 1 N–H and O–H groups in total. The Labute approximate surface area is 123 Å². The lowest BCUT2D eigenvalue weighted by atomic mass is 9.96. The molecule has 1 aromatic carbocycles. The Morgan fingerprint density at radius 1 is 1.26 bits per heavy atom. The summed E-state index contributed by atoms with van der Waals surface area (Å²) in [6.45, 7) is 0. The minimum atomic E-state index is 0.104. The Morgan fingerprint density at radius 3 is 2.79 bits per heavy atom. The van der Waals surface area contributed by atoms with Gasteiger partial charge in [-0.25, -0.2) is 0 Å². The summed E-state index contributed by atoms with van der Waals surface area (Å²) in [5, 5.41) is 12.8. The van der Waals surface area contributed by atoms with Crippen LogP contribution in [0.2, 0.25) is 0 Å². The molecule has 2 rings (SSSR count). The summed E-state index contributed by atoms with van der Waals surface area (Å²) in [5.41, 5.74) is 1.01. The summed E-state index contributed by atoms with van der Waals surface area (Å²) in [7, 11) is 1.66. The largest absolute Gasteiger partial charge is 0.497 e. The molecule has 0 aromatic heterocycles. The fourth-order valence-electron chi connectivity index (χ4n) is 2.61. The molecule has 4 heteroatoms. The van der Waals surface area contributed by atoms with Crippen LogP contribution in [0.3, 0.4) is 0 Å². The predicted molar refractivity (Wildman–Crippen MR) is 80.3 cm³/mol. The van der Waals surface area contributed by atoms with E-state index in [-0.39, 0.29) is 12.0 Å². The van der Waals surface area contributed by atoms with Crippen LogP contribution in [0.25, 0.3) is 0 Å². The van der Waals surface area contributed by atoms with Gasteiger partial charge in [0, 0.05) is 22.3 Å². The maximum Gasteiger partial charge on any atom is 0.122 e. The van der Waals surface area contributed by atoms with Crippen molar-refractivity contribution >= 4 is 21.6 Å². The van der Waals surface area contributed by atoms with Gasteiger partial charge in [0.15, 0.2) is 0 Å². The van der Waals surface area contributed by atoms with E-state index < -0.39 is 0 Å². The number of anilines is 1. The first-order valence-electron chi connectivity index (χ1n) is 6.73. The number of methoxy groups -OCH3 is 1. The van der Waals surface area contributed by atoms with E-state index in [9.17, 15) is 5.26 Å². The molecule has 102 valence electrons. The molecule has 2 atom stereocenters. The van der Waals surface area contributed by atoms with Gasteiger partial charge in [-0.3, -0.25) is 0 Å². The van der Waals surface area contributed by atoms with Crippen LogP contribution in [0.4, 0.5) is 5.69 Å². The van der Waals surface area contributed by atoms with Gasteiger partial charge in [0.1, 0.15) is 5.75 Å². The van der Waals surface area contributed by atoms with Crippen LogP contribution < -0.4 is 10.1 Å². The average Bonchev–Trinajstić information content (AvgIpc) is 2.63. The molecule has 3 nitrogen and oxygen atoms in total. The highest BCUT2D eigenvalue weighted by Gasteiger charge is 2.23. The average molecular weight is 323 g/mol. The highest BCUT2D eigenvalue weighted by atomic mass is 79.9. The molecule has 2 unspecified atom stereocenters. The molecule has 1 aromatic rings. The zero-order valence-electron chi connectivity index (χ0n) is 11.2. The number of nitriles is 1. The van der Waals surface area contributed by atoms with Gasteiger partial charge in [0.25, 0.3) is 0 Å². The van der Waals surface area contributed by atoms with Crippen molar-refractivity contribution in [1.29, 1.82) is 5.26 Å². The molecule has 0 saturated heterocycles. The molecule has 1 aliphatic carbocycles. The van der Waals surface area contributed by atoms with Crippen molar-refractivity contribution in [3.63, 3.8) is 0 Å². The Balaban J connectivity index is 2.14. The third kappa shape index (κ3) is 3.87. The van der Waals surface area contributed by atoms with Crippen molar-refractivity contribution in [1.82, 2.24) is 0 Å². The summed E-state index contributed by atoms with van der Waals surface area (Å²) in [5.74, 6) is 0.923. The Kier molecular flexibility index (Phi) is 5.09. The molecule has 0 aliphatic heterocycles. The van der Waals surface area contributed by atoms with Gasteiger partial charge in [-0.15, -0.1) is 0 Å². The van der Waals surface area contributed by atoms with Gasteiger partial charge in [-0.05, 0) is 25.0 Å². The van der Waals surface area contributed by atoms with Crippen molar-refractivity contribution < 1.29 is 4.74 Å². The normalized spacial score (nSPS) is 23.2. The van der Waals surface area contributed by atoms with E-state index in [1.165, 1.54) is 12.8 Å².